The number of nitrogens with zero attached hydrogens (tertiary/aromatic N) is 10. The maximum Gasteiger partial charge on any atom is 0.416 e. The molecule has 0 unspecified atom stereocenters. The number of aromatic nitrogens is 8. The molecule has 330 valence electrons. The van der Waals surface area contributed by atoms with E-state index in [0.29, 0.717) is 39.4 Å². The van der Waals surface area contributed by atoms with E-state index in [1.165, 1.54) is 44.6 Å². The molecule has 0 aliphatic heterocycles. The number of rotatable bonds is 10. The van der Waals surface area contributed by atoms with Crippen molar-refractivity contribution < 1.29 is 27.8 Å². The molecule has 0 spiro atoms. The van der Waals surface area contributed by atoms with Crippen LogP contribution in [0.5, 0.6) is 0 Å². The third-order valence-corrected chi connectivity index (χ3v) is 12.8. The third kappa shape index (κ3) is 10.9. The first-order chi connectivity index (χ1) is 29.9. The molecule has 14 nitrogen and oxygen atoms in total. The summed E-state index contributed by atoms with van der Waals surface area (Å²) < 4.78 is 41.4. The number of amides is 2. The number of halogens is 3. The van der Waals surface area contributed by atoms with Crippen molar-refractivity contribution in [1.29, 1.82) is 0 Å². The molecule has 6 heterocycles. The number of thiazole rings is 2. The standard InChI is InChI=1S/C22H23BrFN5O2S.C22H24FN5O2S/c1-21(2,3)31-20(30)29(13-22(9-5-10-22)18-14(24)6-4-11-25-18)17-8-7-15(27-28-17)19-26-12-16(23)32-19;1-21(2,3)30-20(29)28(17-8-7-16(26-27-17)19-25-12-13-31-19)14-22(9-5-10-22)18-15(23)6-4-11-24-18/h4,6-8,11-12H,5,9-10,13H2,1-3H3;4,6-8,11-13H,5,9-10,14H2,1-3H3. The molecule has 6 aromatic rings. The summed E-state index contributed by atoms with van der Waals surface area (Å²) in [5.74, 6) is -0.0536. The van der Waals surface area contributed by atoms with Crippen molar-refractivity contribution in [1.82, 2.24) is 40.3 Å². The van der Waals surface area contributed by atoms with Crippen LogP contribution in [0, 0.1) is 11.6 Å². The van der Waals surface area contributed by atoms with Gasteiger partial charge in [-0.1, -0.05) is 12.8 Å². The van der Waals surface area contributed by atoms with Gasteiger partial charge in [0.15, 0.2) is 11.6 Å². The van der Waals surface area contributed by atoms with Gasteiger partial charge in [0, 0.05) is 47.9 Å². The van der Waals surface area contributed by atoms with Crippen molar-refractivity contribution in [2.45, 2.75) is 102 Å². The molecule has 19 heteroatoms. The van der Waals surface area contributed by atoms with Gasteiger partial charge in [0.1, 0.15) is 44.2 Å². The molecule has 0 radical (unpaired) electrons. The minimum atomic E-state index is -0.696. The molecule has 2 aliphatic carbocycles. The molecule has 0 aromatic carbocycles. The Morgan fingerprint density at radius 2 is 1.14 bits per heavy atom. The van der Waals surface area contributed by atoms with Crippen LogP contribution >= 0.6 is 38.6 Å². The van der Waals surface area contributed by atoms with E-state index < -0.39 is 34.2 Å². The molecule has 2 aliphatic rings. The average Bonchev–Trinajstić information content (AvgIpc) is 3.90. The van der Waals surface area contributed by atoms with E-state index in [-0.39, 0.29) is 24.7 Å². The van der Waals surface area contributed by atoms with Crippen LogP contribution in [0.25, 0.3) is 21.4 Å². The highest BCUT2D eigenvalue weighted by atomic mass is 79.9. The highest BCUT2D eigenvalue weighted by molar-refractivity contribution is 9.11. The van der Waals surface area contributed by atoms with Crippen LogP contribution in [0.4, 0.5) is 30.0 Å². The monoisotopic (exact) mass is 960 g/mol. The van der Waals surface area contributed by atoms with E-state index in [1.807, 2.05) is 5.38 Å². The fourth-order valence-corrected chi connectivity index (χ4v) is 9.08. The maximum absolute atomic E-state index is 14.6. The Labute approximate surface area is 380 Å². The van der Waals surface area contributed by atoms with Gasteiger partial charge in [-0.15, -0.1) is 43.1 Å². The van der Waals surface area contributed by atoms with Crippen molar-refractivity contribution in [2.24, 2.45) is 0 Å². The van der Waals surface area contributed by atoms with E-state index >= 15 is 0 Å². The first-order valence-corrected chi connectivity index (χ1v) is 22.9. The number of ether oxygens (including phenoxy) is 2. The Bertz CT molecular complexity index is 2510. The van der Waals surface area contributed by atoms with Gasteiger partial charge in [-0.25, -0.2) is 28.3 Å². The van der Waals surface area contributed by atoms with Gasteiger partial charge in [0.05, 0.1) is 21.4 Å². The van der Waals surface area contributed by atoms with Crippen LogP contribution in [0.2, 0.25) is 0 Å². The molecule has 0 atom stereocenters. The lowest BCUT2D eigenvalue weighted by atomic mass is 9.66. The molecule has 2 amide bonds. The van der Waals surface area contributed by atoms with Gasteiger partial charge >= 0.3 is 12.2 Å². The van der Waals surface area contributed by atoms with Crippen LogP contribution in [0.15, 0.2) is 82.5 Å². The molecule has 0 N–H and O–H groups in total. The topological polar surface area (TPSA) is 162 Å². The van der Waals surface area contributed by atoms with Gasteiger partial charge in [-0.05, 0) is 132 Å². The minimum Gasteiger partial charge on any atom is -0.443 e. The number of hydrogen-bond acceptors (Lipinski definition) is 14. The van der Waals surface area contributed by atoms with E-state index in [4.69, 9.17) is 9.47 Å². The average molecular weight is 962 g/mol. The first-order valence-electron chi connectivity index (χ1n) is 20.4. The molecule has 2 fully saturated rings. The summed E-state index contributed by atoms with van der Waals surface area (Å²) in [7, 11) is 0. The van der Waals surface area contributed by atoms with Crippen molar-refractivity contribution >= 4 is 62.4 Å². The lowest BCUT2D eigenvalue weighted by Crippen LogP contribution is -2.50. The van der Waals surface area contributed by atoms with Crippen molar-refractivity contribution in [3.05, 3.63) is 106 Å². The van der Waals surface area contributed by atoms with Gasteiger partial charge in [0.2, 0.25) is 0 Å². The van der Waals surface area contributed by atoms with Crippen molar-refractivity contribution in [2.75, 3.05) is 22.9 Å². The highest BCUT2D eigenvalue weighted by Gasteiger charge is 2.47. The van der Waals surface area contributed by atoms with Gasteiger partial charge in [-0.2, -0.15) is 0 Å². The van der Waals surface area contributed by atoms with E-state index in [1.54, 1.807) is 103 Å². The maximum atomic E-state index is 14.6. The molecular weight excluding hydrogens is 915 g/mol. The lowest BCUT2D eigenvalue weighted by Gasteiger charge is -2.44. The Morgan fingerprint density at radius 3 is 1.48 bits per heavy atom. The van der Waals surface area contributed by atoms with Gasteiger partial charge in [-0.3, -0.25) is 19.8 Å². The minimum absolute atomic E-state index is 0.201. The Kier molecular flexibility index (Phi) is 13.6. The second kappa shape index (κ2) is 18.8. The van der Waals surface area contributed by atoms with E-state index in [9.17, 15) is 18.4 Å². The zero-order valence-electron chi connectivity index (χ0n) is 35.7. The van der Waals surface area contributed by atoms with Gasteiger partial charge < -0.3 is 9.47 Å². The summed E-state index contributed by atoms with van der Waals surface area (Å²) in [6.07, 6.45) is 10.2. The molecule has 63 heavy (non-hydrogen) atoms. The Hall–Kier alpha value is -5.40. The molecule has 8 rings (SSSR count). The number of carbonyl (C=O) groups excluding carboxylic acids is 2. The molecule has 2 saturated carbocycles. The summed E-state index contributed by atoms with van der Waals surface area (Å²) in [4.78, 5) is 46.3. The Morgan fingerprint density at radius 1 is 0.667 bits per heavy atom. The normalized spacial score (nSPS) is 15.2. The van der Waals surface area contributed by atoms with Crippen LogP contribution in [0.3, 0.4) is 0 Å². The van der Waals surface area contributed by atoms with Crippen molar-refractivity contribution in [3.8, 4) is 21.4 Å². The number of carbonyl (C=O) groups is 2. The summed E-state index contributed by atoms with van der Waals surface area (Å²) in [6, 6.07) is 12.9. The highest BCUT2D eigenvalue weighted by Crippen LogP contribution is 2.46. The predicted molar refractivity (Wildman–Crippen MR) is 241 cm³/mol. The SMILES string of the molecule is CC(C)(C)OC(=O)N(CC1(c2ncccc2F)CCC1)c1ccc(-c2ncc(Br)s2)nn1.CC(C)(C)OC(=O)N(CC1(c2ncccc2F)CCC1)c1ccc(-c2nccs2)nn1. The summed E-state index contributed by atoms with van der Waals surface area (Å²) >= 11 is 6.29. The summed E-state index contributed by atoms with van der Waals surface area (Å²) in [6.45, 7) is 11.2. The third-order valence-electron chi connectivity index (χ3n) is 10.5. The smallest absolute Gasteiger partial charge is 0.416 e. The molecule has 0 saturated heterocycles. The van der Waals surface area contributed by atoms with E-state index in [2.05, 4.69) is 56.3 Å². The zero-order valence-corrected chi connectivity index (χ0v) is 38.9. The Balaban J connectivity index is 0.000000189. The van der Waals surface area contributed by atoms with Gasteiger partial charge in [0.25, 0.3) is 0 Å². The van der Waals surface area contributed by atoms with E-state index in [0.717, 1.165) is 47.3 Å². The van der Waals surface area contributed by atoms with Crippen LogP contribution in [-0.4, -0.2) is 76.8 Å². The van der Waals surface area contributed by atoms with Crippen LogP contribution in [-0.2, 0) is 20.3 Å². The zero-order chi connectivity index (χ0) is 45.0. The van der Waals surface area contributed by atoms with Crippen LogP contribution < -0.4 is 9.80 Å². The van der Waals surface area contributed by atoms with Crippen LogP contribution in [0.1, 0.15) is 91.5 Å². The van der Waals surface area contributed by atoms with Crippen molar-refractivity contribution in [3.63, 3.8) is 0 Å². The first kappa shape index (κ1) is 45.6. The number of hydrogen-bond donors (Lipinski definition) is 0. The largest absolute Gasteiger partial charge is 0.443 e. The summed E-state index contributed by atoms with van der Waals surface area (Å²) in [5.41, 5.74) is -0.592. The fraction of sp³-hybridized carbons (Fsp3) is 0.409. The molecular formula is C44H47BrF2N10O4S2. The fourth-order valence-electron chi connectivity index (χ4n) is 7.31. The predicted octanol–water partition coefficient (Wildman–Crippen LogP) is 10.8. The molecule has 6 aromatic heterocycles. The summed E-state index contributed by atoms with van der Waals surface area (Å²) in [5, 5.41) is 20.4. The number of anilines is 2. The molecule has 0 bridgehead atoms. The second-order valence-electron chi connectivity index (χ2n) is 17.4. The quantitative estimate of drug-likeness (QED) is 0.128. The number of pyridine rings is 2. The second-order valence-corrected chi connectivity index (χ2v) is 20.7. The lowest BCUT2D eigenvalue weighted by molar-refractivity contribution is 0.0547.